The molecule has 9 heteroatoms. The Kier molecular flexibility index (Phi) is 11.0. The highest BCUT2D eigenvalue weighted by atomic mass is 32.2. The maximum absolute atomic E-state index is 15.0. The Balaban J connectivity index is 1.62. The van der Waals surface area contributed by atoms with Gasteiger partial charge in [-0.2, -0.15) is 0 Å². The number of carbonyl (C=O) groups is 3. The molecule has 2 aromatic carbocycles. The SMILES string of the molecule is CC1CC(=O)N(CSCC(=O)N(CCCN)[C@@H](C2CC(c3cc(F)ccc3F)CC2Cc2ccccc2)C(C)(C)C)C1=O. The van der Waals surface area contributed by atoms with Crippen LogP contribution in [0.2, 0.25) is 0 Å². The van der Waals surface area contributed by atoms with Crippen molar-refractivity contribution in [3.63, 3.8) is 0 Å². The molecule has 0 aromatic heterocycles. The number of nitrogens with two attached hydrogens (primary N) is 1. The molecule has 6 nitrogen and oxygen atoms in total. The molecule has 0 spiro atoms. The van der Waals surface area contributed by atoms with Gasteiger partial charge >= 0.3 is 0 Å². The monoisotopic (exact) mass is 613 g/mol. The van der Waals surface area contributed by atoms with Gasteiger partial charge in [0.25, 0.3) is 0 Å². The third kappa shape index (κ3) is 8.04. The Morgan fingerprint density at radius 2 is 1.84 bits per heavy atom. The Morgan fingerprint density at radius 1 is 1.12 bits per heavy atom. The Labute approximate surface area is 258 Å². The van der Waals surface area contributed by atoms with Crippen LogP contribution in [0.3, 0.4) is 0 Å². The molecule has 1 saturated heterocycles. The minimum Gasteiger partial charge on any atom is -0.338 e. The van der Waals surface area contributed by atoms with Gasteiger partial charge in [-0.3, -0.25) is 19.3 Å². The molecular formula is C34H45F2N3O3S. The van der Waals surface area contributed by atoms with Crippen LogP contribution in [0.5, 0.6) is 0 Å². The third-order valence-corrected chi connectivity index (χ3v) is 9.85. The lowest BCUT2D eigenvalue weighted by atomic mass is 9.72. The minimum atomic E-state index is -0.451. The van der Waals surface area contributed by atoms with Gasteiger partial charge in [-0.1, -0.05) is 58.0 Å². The van der Waals surface area contributed by atoms with Gasteiger partial charge in [0.05, 0.1) is 11.6 Å². The summed E-state index contributed by atoms with van der Waals surface area (Å²) in [6.07, 6.45) is 2.93. The molecule has 43 heavy (non-hydrogen) atoms. The Bertz CT molecular complexity index is 1290. The summed E-state index contributed by atoms with van der Waals surface area (Å²) in [5.41, 5.74) is 7.18. The van der Waals surface area contributed by atoms with E-state index in [0.29, 0.717) is 37.9 Å². The Morgan fingerprint density at radius 3 is 2.47 bits per heavy atom. The summed E-state index contributed by atoms with van der Waals surface area (Å²) in [7, 11) is 0. The molecule has 4 unspecified atom stereocenters. The number of hydrogen-bond donors (Lipinski definition) is 1. The average molecular weight is 614 g/mol. The fraction of sp³-hybridized carbons (Fsp3) is 0.559. The van der Waals surface area contributed by atoms with Crippen LogP contribution in [-0.4, -0.2) is 58.3 Å². The summed E-state index contributed by atoms with van der Waals surface area (Å²) < 4.78 is 29.3. The second-order valence-corrected chi connectivity index (χ2v) is 14.2. The quantitative estimate of drug-likeness (QED) is 0.297. The van der Waals surface area contributed by atoms with Crippen molar-refractivity contribution >= 4 is 29.5 Å². The summed E-state index contributed by atoms with van der Waals surface area (Å²) in [5.74, 6) is -1.35. The van der Waals surface area contributed by atoms with Crippen LogP contribution in [0, 0.1) is 34.8 Å². The molecule has 0 radical (unpaired) electrons. The van der Waals surface area contributed by atoms with Gasteiger partial charge in [0.1, 0.15) is 11.6 Å². The van der Waals surface area contributed by atoms with E-state index in [1.54, 1.807) is 6.92 Å². The molecule has 0 bridgehead atoms. The van der Waals surface area contributed by atoms with E-state index in [4.69, 9.17) is 5.73 Å². The van der Waals surface area contributed by atoms with Gasteiger partial charge in [-0.15, -0.1) is 11.8 Å². The zero-order chi connectivity index (χ0) is 31.3. The largest absolute Gasteiger partial charge is 0.338 e. The first-order chi connectivity index (χ1) is 20.4. The van der Waals surface area contributed by atoms with Gasteiger partial charge in [0.15, 0.2) is 0 Å². The number of halogens is 2. The predicted octanol–water partition coefficient (Wildman–Crippen LogP) is 6.00. The fourth-order valence-corrected chi connectivity index (χ4v) is 7.98. The van der Waals surface area contributed by atoms with E-state index in [9.17, 15) is 18.8 Å². The van der Waals surface area contributed by atoms with Crippen LogP contribution >= 0.6 is 11.8 Å². The normalized spacial score (nSPS) is 23.2. The van der Waals surface area contributed by atoms with Gasteiger partial charge in [0, 0.05) is 24.9 Å². The third-order valence-electron chi connectivity index (χ3n) is 8.96. The number of rotatable bonds is 12. The topological polar surface area (TPSA) is 83.7 Å². The van der Waals surface area contributed by atoms with Crippen molar-refractivity contribution in [1.82, 2.24) is 9.80 Å². The first-order valence-electron chi connectivity index (χ1n) is 15.3. The summed E-state index contributed by atoms with van der Waals surface area (Å²) in [4.78, 5) is 41.8. The van der Waals surface area contributed by atoms with Gasteiger partial charge in [0.2, 0.25) is 17.7 Å². The summed E-state index contributed by atoms with van der Waals surface area (Å²) in [6.45, 7) is 9.04. The molecule has 2 N–H and O–H groups in total. The minimum absolute atomic E-state index is 0.0298. The number of thioether (sulfide) groups is 1. The molecule has 1 aliphatic carbocycles. The van der Waals surface area contributed by atoms with Crippen LogP contribution in [0.4, 0.5) is 8.78 Å². The number of likely N-dealkylation sites (tertiary alicyclic amines) is 1. The molecule has 2 aromatic rings. The van der Waals surface area contributed by atoms with E-state index >= 15 is 4.39 Å². The number of benzene rings is 2. The standard InChI is InChI=1S/C34H45F2N3O3S/c1-22-15-30(40)39(33(22)42)21-43-20-31(41)38(14-8-13-37)32(34(2,3)4)28-18-25(27-19-26(35)11-12-29(27)36)17-24(28)16-23-9-6-5-7-10-23/h5-7,9-12,19,22,24-25,28,32H,8,13-18,20-21,37H2,1-4H3/t22?,24?,25?,28?,32-/m0/s1. The average Bonchev–Trinajstić information content (AvgIpc) is 3.46. The summed E-state index contributed by atoms with van der Waals surface area (Å²) >= 11 is 1.28. The first kappa shape index (κ1) is 33.1. The van der Waals surface area contributed by atoms with Crippen LogP contribution < -0.4 is 5.73 Å². The maximum Gasteiger partial charge on any atom is 0.233 e. The zero-order valence-electron chi connectivity index (χ0n) is 25.7. The van der Waals surface area contributed by atoms with Crippen molar-refractivity contribution in [2.45, 2.75) is 71.8 Å². The van der Waals surface area contributed by atoms with Gasteiger partial charge < -0.3 is 10.6 Å². The lowest BCUT2D eigenvalue weighted by Crippen LogP contribution is -2.53. The number of carbonyl (C=O) groups excluding carboxylic acids is 3. The van der Waals surface area contributed by atoms with Crippen molar-refractivity contribution in [1.29, 1.82) is 0 Å². The van der Waals surface area contributed by atoms with Crippen LogP contribution in [0.15, 0.2) is 48.5 Å². The molecule has 2 fully saturated rings. The van der Waals surface area contributed by atoms with Crippen LogP contribution in [-0.2, 0) is 20.8 Å². The number of nitrogens with zero attached hydrogens (tertiary/aromatic N) is 2. The highest BCUT2D eigenvalue weighted by Crippen LogP contribution is 2.50. The number of amides is 3. The molecule has 1 saturated carbocycles. The maximum atomic E-state index is 15.0. The zero-order valence-corrected chi connectivity index (χ0v) is 26.5. The van der Waals surface area contributed by atoms with E-state index in [1.807, 2.05) is 23.1 Å². The first-order valence-corrected chi connectivity index (χ1v) is 16.5. The van der Waals surface area contributed by atoms with Crippen molar-refractivity contribution in [2.24, 2.45) is 28.9 Å². The lowest BCUT2D eigenvalue weighted by Gasteiger charge is -2.46. The molecule has 2 aliphatic rings. The van der Waals surface area contributed by atoms with Crippen molar-refractivity contribution in [3.8, 4) is 0 Å². The highest BCUT2D eigenvalue weighted by Gasteiger charge is 2.47. The number of hydrogen-bond acceptors (Lipinski definition) is 5. The molecular weight excluding hydrogens is 568 g/mol. The van der Waals surface area contributed by atoms with E-state index in [-0.39, 0.29) is 70.9 Å². The molecule has 5 atom stereocenters. The van der Waals surface area contributed by atoms with Crippen molar-refractivity contribution in [2.75, 3.05) is 24.7 Å². The smallest absolute Gasteiger partial charge is 0.233 e. The van der Waals surface area contributed by atoms with Gasteiger partial charge in [-0.05, 0) is 84.7 Å². The molecule has 1 aliphatic heterocycles. The molecule has 1 heterocycles. The lowest BCUT2D eigenvalue weighted by molar-refractivity contribution is -0.138. The summed E-state index contributed by atoms with van der Waals surface area (Å²) in [6, 6.07) is 13.7. The van der Waals surface area contributed by atoms with E-state index in [1.165, 1.54) is 34.4 Å². The Hall–Kier alpha value is -2.78. The molecule has 4 rings (SSSR count). The van der Waals surface area contributed by atoms with Crippen LogP contribution in [0.1, 0.15) is 70.4 Å². The van der Waals surface area contributed by atoms with Crippen LogP contribution in [0.25, 0.3) is 0 Å². The fourth-order valence-electron chi connectivity index (χ4n) is 7.09. The highest BCUT2D eigenvalue weighted by molar-refractivity contribution is 7.99. The molecule has 234 valence electrons. The van der Waals surface area contributed by atoms with Gasteiger partial charge in [-0.25, -0.2) is 8.78 Å². The van der Waals surface area contributed by atoms with E-state index in [0.717, 1.165) is 12.5 Å². The van der Waals surface area contributed by atoms with E-state index in [2.05, 4.69) is 32.9 Å². The molecule has 3 amide bonds. The number of imide groups is 1. The van der Waals surface area contributed by atoms with E-state index < -0.39 is 11.6 Å². The second kappa shape index (κ2) is 14.3. The summed E-state index contributed by atoms with van der Waals surface area (Å²) in [5, 5.41) is 0. The van der Waals surface area contributed by atoms with Crippen molar-refractivity contribution in [3.05, 3.63) is 71.3 Å². The second-order valence-electron chi connectivity index (χ2n) is 13.2. The predicted molar refractivity (Wildman–Crippen MR) is 167 cm³/mol. The van der Waals surface area contributed by atoms with Crippen molar-refractivity contribution < 1.29 is 23.2 Å².